The van der Waals surface area contributed by atoms with Gasteiger partial charge in [-0.05, 0) is 52.9 Å². The first kappa shape index (κ1) is 13.6. The van der Waals surface area contributed by atoms with E-state index >= 15 is 0 Å². The van der Waals surface area contributed by atoms with Crippen molar-refractivity contribution >= 4 is 27.3 Å². The first-order chi connectivity index (χ1) is 8.58. The summed E-state index contributed by atoms with van der Waals surface area (Å²) in [5, 5.41) is 15.4. The summed E-state index contributed by atoms with van der Waals surface area (Å²) in [5.74, 6) is 0.361. The van der Waals surface area contributed by atoms with Crippen LogP contribution in [0.5, 0.6) is 5.75 Å². The molecular formula is C14H16BrNOS. The van der Waals surface area contributed by atoms with E-state index in [1.54, 1.807) is 17.4 Å². The van der Waals surface area contributed by atoms with Crippen molar-refractivity contribution < 1.29 is 5.11 Å². The summed E-state index contributed by atoms with van der Waals surface area (Å²) in [4.78, 5) is 1.27. The van der Waals surface area contributed by atoms with E-state index in [1.165, 1.54) is 4.88 Å². The van der Waals surface area contributed by atoms with Crippen LogP contribution in [-0.2, 0) is 6.54 Å². The molecule has 96 valence electrons. The van der Waals surface area contributed by atoms with Gasteiger partial charge in [-0.1, -0.05) is 12.1 Å². The summed E-state index contributed by atoms with van der Waals surface area (Å²) in [6.45, 7) is 4.84. The van der Waals surface area contributed by atoms with Crippen molar-refractivity contribution in [2.45, 2.75) is 26.4 Å². The molecular weight excluding hydrogens is 310 g/mol. The Kier molecular flexibility index (Phi) is 4.43. The molecule has 2 rings (SSSR count). The fourth-order valence-corrected chi connectivity index (χ4v) is 3.27. The summed E-state index contributed by atoms with van der Waals surface area (Å²) in [6, 6.07) is 7.98. The minimum atomic E-state index is 0.125. The molecule has 2 aromatic rings. The van der Waals surface area contributed by atoms with E-state index in [1.807, 2.05) is 19.1 Å². The van der Waals surface area contributed by atoms with Gasteiger partial charge in [0.1, 0.15) is 5.75 Å². The van der Waals surface area contributed by atoms with Crippen LogP contribution < -0.4 is 5.32 Å². The van der Waals surface area contributed by atoms with Crippen molar-refractivity contribution in [3.8, 4) is 5.75 Å². The van der Waals surface area contributed by atoms with Gasteiger partial charge in [-0.3, -0.25) is 0 Å². The SMILES string of the molecule is Cc1ccc(C(C)NCc2sccc2Br)c(O)c1. The summed E-state index contributed by atoms with van der Waals surface area (Å²) in [7, 11) is 0. The minimum absolute atomic E-state index is 0.125. The van der Waals surface area contributed by atoms with Crippen LogP contribution in [0.25, 0.3) is 0 Å². The molecule has 2 N–H and O–H groups in total. The van der Waals surface area contributed by atoms with Crippen molar-refractivity contribution in [2.24, 2.45) is 0 Å². The molecule has 2 nitrogen and oxygen atoms in total. The molecule has 1 atom stereocenters. The first-order valence-electron chi connectivity index (χ1n) is 5.82. The predicted octanol–water partition coefficient (Wildman–Crippen LogP) is 4.38. The normalized spacial score (nSPS) is 12.6. The number of benzene rings is 1. The van der Waals surface area contributed by atoms with Gasteiger partial charge in [0.05, 0.1) is 0 Å². The highest BCUT2D eigenvalue weighted by molar-refractivity contribution is 9.10. The topological polar surface area (TPSA) is 32.3 Å². The van der Waals surface area contributed by atoms with E-state index in [4.69, 9.17) is 0 Å². The Labute approximate surface area is 120 Å². The van der Waals surface area contributed by atoms with Gasteiger partial charge >= 0.3 is 0 Å². The van der Waals surface area contributed by atoms with Crippen LogP contribution in [0, 0.1) is 6.92 Å². The number of aryl methyl sites for hydroxylation is 1. The van der Waals surface area contributed by atoms with Crippen LogP contribution >= 0.6 is 27.3 Å². The van der Waals surface area contributed by atoms with E-state index in [2.05, 4.69) is 39.6 Å². The van der Waals surface area contributed by atoms with Crippen LogP contribution in [0.1, 0.15) is 29.0 Å². The van der Waals surface area contributed by atoms with Gasteiger partial charge in [0.2, 0.25) is 0 Å². The highest BCUT2D eigenvalue weighted by atomic mass is 79.9. The Bertz CT molecular complexity index is 538. The van der Waals surface area contributed by atoms with E-state index in [0.29, 0.717) is 5.75 Å². The number of rotatable bonds is 4. The minimum Gasteiger partial charge on any atom is -0.508 e. The van der Waals surface area contributed by atoms with Crippen molar-refractivity contribution in [1.82, 2.24) is 5.32 Å². The Morgan fingerprint density at radius 3 is 2.78 bits per heavy atom. The molecule has 0 aliphatic rings. The van der Waals surface area contributed by atoms with E-state index < -0.39 is 0 Å². The first-order valence-corrected chi connectivity index (χ1v) is 7.50. The van der Waals surface area contributed by atoms with Crippen LogP contribution in [0.2, 0.25) is 0 Å². The molecule has 1 aromatic heterocycles. The second-order valence-corrected chi connectivity index (χ2v) is 6.21. The molecule has 1 aromatic carbocycles. The molecule has 0 radical (unpaired) electrons. The zero-order chi connectivity index (χ0) is 13.1. The second kappa shape index (κ2) is 5.87. The molecule has 1 heterocycles. The standard InChI is InChI=1S/C14H16BrNOS/c1-9-3-4-11(13(17)7-9)10(2)16-8-14-12(15)5-6-18-14/h3-7,10,16-17H,8H2,1-2H3. The van der Waals surface area contributed by atoms with Crippen molar-refractivity contribution in [3.05, 3.63) is 50.1 Å². The number of aromatic hydroxyl groups is 1. The molecule has 0 aliphatic carbocycles. The van der Waals surface area contributed by atoms with E-state index in [0.717, 1.165) is 22.1 Å². The quantitative estimate of drug-likeness (QED) is 0.874. The lowest BCUT2D eigenvalue weighted by atomic mass is 10.1. The van der Waals surface area contributed by atoms with Gasteiger partial charge in [0, 0.05) is 27.5 Å². The van der Waals surface area contributed by atoms with Gasteiger partial charge in [-0.25, -0.2) is 0 Å². The van der Waals surface area contributed by atoms with Gasteiger partial charge < -0.3 is 10.4 Å². The zero-order valence-electron chi connectivity index (χ0n) is 10.4. The van der Waals surface area contributed by atoms with Gasteiger partial charge in [-0.15, -0.1) is 11.3 Å². The number of phenols is 1. The summed E-state index contributed by atoms with van der Waals surface area (Å²) < 4.78 is 1.14. The predicted molar refractivity (Wildman–Crippen MR) is 80.1 cm³/mol. The summed E-state index contributed by atoms with van der Waals surface area (Å²) in [5.41, 5.74) is 2.01. The molecule has 18 heavy (non-hydrogen) atoms. The molecule has 0 fully saturated rings. The van der Waals surface area contributed by atoms with Crippen LogP contribution in [0.3, 0.4) is 0 Å². The highest BCUT2D eigenvalue weighted by Gasteiger charge is 2.11. The highest BCUT2D eigenvalue weighted by Crippen LogP contribution is 2.27. The van der Waals surface area contributed by atoms with Gasteiger partial charge in [0.15, 0.2) is 0 Å². The molecule has 0 saturated heterocycles. The maximum absolute atomic E-state index is 9.93. The third-order valence-corrected chi connectivity index (χ3v) is 4.84. The average molecular weight is 326 g/mol. The van der Waals surface area contributed by atoms with Crippen LogP contribution in [-0.4, -0.2) is 5.11 Å². The maximum atomic E-state index is 9.93. The molecule has 1 unspecified atom stereocenters. The largest absolute Gasteiger partial charge is 0.508 e. The van der Waals surface area contributed by atoms with Crippen molar-refractivity contribution in [1.29, 1.82) is 0 Å². The summed E-state index contributed by atoms with van der Waals surface area (Å²) in [6.07, 6.45) is 0. The summed E-state index contributed by atoms with van der Waals surface area (Å²) >= 11 is 5.24. The molecule has 0 amide bonds. The Hall–Kier alpha value is -0.840. The average Bonchev–Trinajstić information content (AvgIpc) is 2.72. The van der Waals surface area contributed by atoms with Crippen molar-refractivity contribution in [2.75, 3.05) is 0 Å². The maximum Gasteiger partial charge on any atom is 0.120 e. The number of halogens is 1. The molecule has 0 saturated carbocycles. The lowest BCUT2D eigenvalue weighted by Gasteiger charge is -2.15. The van der Waals surface area contributed by atoms with E-state index in [9.17, 15) is 5.11 Å². The Balaban J connectivity index is 2.03. The third kappa shape index (κ3) is 3.13. The van der Waals surface area contributed by atoms with Gasteiger partial charge in [0.25, 0.3) is 0 Å². The monoisotopic (exact) mass is 325 g/mol. The smallest absolute Gasteiger partial charge is 0.120 e. The fourth-order valence-electron chi connectivity index (χ4n) is 1.83. The van der Waals surface area contributed by atoms with Crippen molar-refractivity contribution in [3.63, 3.8) is 0 Å². The number of nitrogens with one attached hydrogen (secondary N) is 1. The van der Waals surface area contributed by atoms with Crippen LogP contribution in [0.15, 0.2) is 34.1 Å². The fraction of sp³-hybridized carbons (Fsp3) is 0.286. The zero-order valence-corrected chi connectivity index (χ0v) is 12.8. The van der Waals surface area contributed by atoms with Gasteiger partial charge in [-0.2, -0.15) is 0 Å². The molecule has 0 spiro atoms. The van der Waals surface area contributed by atoms with E-state index in [-0.39, 0.29) is 6.04 Å². The molecule has 0 bridgehead atoms. The van der Waals surface area contributed by atoms with Crippen LogP contribution in [0.4, 0.5) is 0 Å². The molecule has 0 aliphatic heterocycles. The third-order valence-electron chi connectivity index (χ3n) is 2.91. The number of thiophene rings is 1. The number of hydrogen-bond donors (Lipinski definition) is 2. The Morgan fingerprint density at radius 1 is 1.39 bits per heavy atom. The number of phenolic OH excluding ortho intramolecular Hbond substituents is 1. The lowest BCUT2D eigenvalue weighted by molar-refractivity contribution is 0.452. The molecule has 4 heteroatoms. The number of hydrogen-bond acceptors (Lipinski definition) is 3. The Morgan fingerprint density at radius 2 is 2.17 bits per heavy atom. The lowest BCUT2D eigenvalue weighted by Crippen LogP contribution is -2.17. The second-order valence-electron chi connectivity index (χ2n) is 4.36.